The summed E-state index contributed by atoms with van der Waals surface area (Å²) in [5, 5.41) is 26.5. The summed E-state index contributed by atoms with van der Waals surface area (Å²) in [6.07, 6.45) is -2.29. The second kappa shape index (κ2) is 22.1. The summed E-state index contributed by atoms with van der Waals surface area (Å²) in [6.45, 7) is 2.54. The van der Waals surface area contributed by atoms with Gasteiger partial charge in [0.25, 0.3) is 0 Å². The molecule has 374 valence electrons. The van der Waals surface area contributed by atoms with Crippen LogP contribution in [0.3, 0.4) is 0 Å². The number of carbonyl (C=O) groups excluding carboxylic acids is 3. The molecule has 7 unspecified atom stereocenters. The fraction of sp³-hybridized carbons (Fsp3) is 0.421. The van der Waals surface area contributed by atoms with E-state index < -0.39 is 95.1 Å². The number of hydrogen-bond acceptors (Lipinski definition) is 20. The summed E-state index contributed by atoms with van der Waals surface area (Å²) >= 11 is 0.845. The summed E-state index contributed by atoms with van der Waals surface area (Å²) in [5.41, 5.74) is 6.24. The summed E-state index contributed by atoms with van der Waals surface area (Å²) in [6, 6.07) is 9.06. The number of aliphatic hydroxyl groups is 2. The molecule has 5 aromatic rings. The maximum absolute atomic E-state index is 13.3. The molecule has 10 N–H and O–H groups in total. The molecule has 0 spiro atoms. The maximum atomic E-state index is 13.3. The highest BCUT2D eigenvalue weighted by molar-refractivity contribution is 8.14. The first-order valence-electron chi connectivity index (χ1n) is 20.5. The van der Waals surface area contributed by atoms with Crippen molar-refractivity contribution < 1.29 is 80.5 Å². The number of ether oxygens (including phenoxy) is 1. The number of nitrogens with zero attached hydrogens (tertiary/aromatic N) is 6. The third-order valence-corrected chi connectivity index (χ3v) is 14.4. The van der Waals surface area contributed by atoms with Gasteiger partial charge >= 0.3 is 23.5 Å². The van der Waals surface area contributed by atoms with Gasteiger partial charge in [0.05, 0.1) is 30.6 Å². The number of thioether (sulfide) groups is 1. The lowest BCUT2D eigenvalue weighted by Gasteiger charge is -2.30. The van der Waals surface area contributed by atoms with E-state index in [4.69, 9.17) is 19.5 Å². The number of aliphatic hydroxyl groups excluding tert-OH is 2. The average Bonchev–Trinajstić information content (AvgIpc) is 3.86. The minimum Gasteiger partial charge on any atom is -0.386 e. The standard InChI is InChI=1S/C38H48N9O18P3S/c1-4-46-16-24(29(49)23-6-5-22(15-25(23)46)21-7-10-40-11-8-21)37(53)69-14-13-41-27(48)9-12-42-35(52)32(51)38(2,3)18-62-68(59,60)65-67(57,58)61-17-26-31(64-66(54,55)56)30(50)36(63-26)47-20-45-28-33(39)43-19-44-34(28)47/h5-8,10-11,15-16,19-20,26,30-32,36,50-51H,4,9,12-14,17-18H2,1-3H3,(H,41,48)(H,42,52)(H,57,58)(H,59,60)(H2,39,43,44)(H2,54,55,56). The van der Waals surface area contributed by atoms with Crippen molar-refractivity contribution in [3.05, 3.63) is 77.4 Å². The number of nitrogens with one attached hydrogen (secondary N) is 2. The van der Waals surface area contributed by atoms with Crippen molar-refractivity contribution in [3.63, 3.8) is 0 Å². The third kappa shape index (κ3) is 13.5. The van der Waals surface area contributed by atoms with Gasteiger partial charge in [0, 0.05) is 61.2 Å². The number of imidazole rings is 1. The Balaban J connectivity index is 0.927. The van der Waals surface area contributed by atoms with Gasteiger partial charge in [0.1, 0.15) is 36.3 Å². The first-order valence-corrected chi connectivity index (χ1v) is 26.0. The van der Waals surface area contributed by atoms with Gasteiger partial charge in [0.15, 0.2) is 17.7 Å². The summed E-state index contributed by atoms with van der Waals surface area (Å²) in [5.74, 6) is -1.47. The number of carbonyl (C=O) groups is 3. The van der Waals surface area contributed by atoms with Crippen molar-refractivity contribution in [1.82, 2.24) is 39.7 Å². The topological polar surface area (TPSA) is 399 Å². The number of rotatable bonds is 22. The van der Waals surface area contributed by atoms with Crippen LogP contribution in [0, 0.1) is 5.41 Å². The van der Waals surface area contributed by atoms with Crippen LogP contribution in [-0.2, 0) is 52.4 Å². The smallest absolute Gasteiger partial charge is 0.386 e. The van der Waals surface area contributed by atoms with Gasteiger partial charge in [-0.2, -0.15) is 4.31 Å². The van der Waals surface area contributed by atoms with E-state index in [2.05, 4.69) is 39.4 Å². The van der Waals surface area contributed by atoms with Crippen LogP contribution in [0.4, 0.5) is 5.82 Å². The Hall–Kier alpha value is -4.86. The molecule has 1 aromatic carbocycles. The van der Waals surface area contributed by atoms with Gasteiger partial charge in [-0.05, 0) is 42.3 Å². The van der Waals surface area contributed by atoms with Crippen molar-refractivity contribution in [2.75, 3.05) is 37.8 Å². The molecule has 1 saturated heterocycles. The number of anilines is 1. The average molecular weight is 1040 g/mol. The molecule has 5 heterocycles. The fourth-order valence-corrected chi connectivity index (χ4v) is 10.4. The highest BCUT2D eigenvalue weighted by Crippen LogP contribution is 2.61. The number of phosphoric acid groups is 3. The van der Waals surface area contributed by atoms with Crippen molar-refractivity contribution in [3.8, 4) is 11.1 Å². The third-order valence-electron chi connectivity index (χ3n) is 10.4. The summed E-state index contributed by atoms with van der Waals surface area (Å²) in [7, 11) is -16.5. The zero-order chi connectivity index (χ0) is 50.5. The lowest BCUT2D eigenvalue weighted by molar-refractivity contribution is -0.137. The molecular weight excluding hydrogens is 995 g/mol. The molecule has 4 aromatic heterocycles. The van der Waals surface area contributed by atoms with E-state index in [0.717, 1.165) is 40.1 Å². The minimum absolute atomic E-state index is 0.00985. The van der Waals surface area contributed by atoms with Gasteiger partial charge in [-0.3, -0.25) is 42.3 Å². The van der Waals surface area contributed by atoms with Crippen LogP contribution in [0.5, 0.6) is 0 Å². The van der Waals surface area contributed by atoms with Crippen LogP contribution in [0.25, 0.3) is 33.2 Å². The van der Waals surface area contributed by atoms with Gasteiger partial charge in [0.2, 0.25) is 22.4 Å². The maximum Gasteiger partial charge on any atom is 0.481 e. The molecule has 0 bridgehead atoms. The highest BCUT2D eigenvalue weighted by Gasteiger charge is 2.50. The number of nitrogen functional groups attached to an aromatic ring is 1. The van der Waals surface area contributed by atoms with Gasteiger partial charge < -0.3 is 55.5 Å². The van der Waals surface area contributed by atoms with E-state index in [0.29, 0.717) is 17.4 Å². The quantitative estimate of drug-likeness (QED) is 0.0349. The number of nitrogens with two attached hydrogens (primary N) is 1. The van der Waals surface area contributed by atoms with E-state index in [1.54, 1.807) is 24.5 Å². The minimum atomic E-state index is -5.61. The zero-order valence-electron chi connectivity index (χ0n) is 36.7. The molecule has 0 radical (unpaired) electrons. The number of aryl methyl sites for hydroxylation is 1. The Kier molecular flexibility index (Phi) is 17.1. The SMILES string of the molecule is CCn1cc(C(=O)SCCNC(=O)CCNC(=O)C(O)C(C)(C)COP(=O)(O)OP(=O)(O)OCC2OC(n3cnc4c(N)ncnc43)C(O)C2OP(=O)(O)O)c(=O)c2ccc(-c3ccncc3)cc21. The number of fused-ring (bicyclic) bond motifs is 2. The van der Waals surface area contributed by atoms with Crippen molar-refractivity contribution in [2.45, 2.75) is 64.4 Å². The van der Waals surface area contributed by atoms with Crippen molar-refractivity contribution in [1.29, 1.82) is 0 Å². The first-order chi connectivity index (χ1) is 32.4. The molecule has 69 heavy (non-hydrogen) atoms. The number of pyridine rings is 2. The van der Waals surface area contributed by atoms with Crippen molar-refractivity contribution in [2.24, 2.45) is 5.41 Å². The molecule has 6 rings (SSSR count). The number of benzene rings is 1. The normalized spacial score (nSPS) is 19.8. The molecular formula is C38H48N9O18P3S. The number of aromatic nitrogens is 6. The predicted octanol–water partition coefficient (Wildman–Crippen LogP) is 1.38. The lowest BCUT2D eigenvalue weighted by atomic mass is 9.87. The monoisotopic (exact) mass is 1040 g/mol. The molecule has 0 saturated carbocycles. The molecule has 2 amide bonds. The number of hydrogen-bond donors (Lipinski definition) is 9. The Labute approximate surface area is 395 Å². The van der Waals surface area contributed by atoms with Gasteiger partial charge in [-0.1, -0.05) is 31.7 Å². The Morgan fingerprint density at radius 3 is 2.39 bits per heavy atom. The van der Waals surface area contributed by atoms with Crippen LogP contribution in [0.15, 0.2) is 66.4 Å². The molecule has 7 atom stereocenters. The van der Waals surface area contributed by atoms with Gasteiger partial charge in [-0.15, -0.1) is 0 Å². The Bertz CT molecular complexity index is 2900. The second-order valence-corrected chi connectivity index (χ2v) is 21.1. The Morgan fingerprint density at radius 2 is 1.70 bits per heavy atom. The molecule has 1 fully saturated rings. The van der Waals surface area contributed by atoms with Gasteiger partial charge in [-0.25, -0.2) is 28.6 Å². The largest absolute Gasteiger partial charge is 0.481 e. The summed E-state index contributed by atoms with van der Waals surface area (Å²) in [4.78, 5) is 107. The molecule has 27 nitrogen and oxygen atoms in total. The second-order valence-electron chi connectivity index (χ2n) is 15.8. The van der Waals surface area contributed by atoms with Crippen LogP contribution >= 0.6 is 35.2 Å². The van der Waals surface area contributed by atoms with Crippen LogP contribution in [0.2, 0.25) is 0 Å². The van der Waals surface area contributed by atoms with Crippen LogP contribution in [0.1, 0.15) is 43.8 Å². The van der Waals surface area contributed by atoms with Crippen LogP contribution in [-0.4, -0.2) is 132 Å². The van der Waals surface area contributed by atoms with E-state index in [1.807, 2.05) is 29.7 Å². The van der Waals surface area contributed by atoms with E-state index in [1.165, 1.54) is 20.0 Å². The van der Waals surface area contributed by atoms with E-state index >= 15 is 0 Å². The zero-order valence-corrected chi connectivity index (χ0v) is 40.2. The highest BCUT2D eigenvalue weighted by atomic mass is 32.2. The predicted molar refractivity (Wildman–Crippen MR) is 244 cm³/mol. The summed E-state index contributed by atoms with van der Waals surface area (Å²) < 4.78 is 64.3. The molecule has 31 heteroatoms. The molecule has 1 aliphatic rings. The molecule has 0 aliphatic carbocycles. The van der Waals surface area contributed by atoms with E-state index in [9.17, 15) is 62.7 Å². The number of amides is 2. The van der Waals surface area contributed by atoms with Crippen LogP contribution < -0.4 is 21.8 Å². The first kappa shape index (κ1) is 53.5. The Morgan fingerprint density at radius 1 is 0.986 bits per heavy atom. The van der Waals surface area contributed by atoms with Crippen molar-refractivity contribution >= 4 is 80.0 Å². The van der Waals surface area contributed by atoms with E-state index in [-0.39, 0.29) is 47.8 Å². The fourth-order valence-electron chi connectivity index (χ4n) is 6.87. The molecule has 1 aliphatic heterocycles. The number of phosphoric ester groups is 3. The lowest BCUT2D eigenvalue weighted by Crippen LogP contribution is -2.46.